The minimum Gasteiger partial charge on any atom is -0.480 e. The molecule has 3 nitrogen and oxygen atoms in total. The van der Waals surface area contributed by atoms with E-state index in [2.05, 4.69) is 59.7 Å². The van der Waals surface area contributed by atoms with Crippen molar-refractivity contribution in [1.82, 2.24) is 0 Å². The number of ether oxygens (including phenoxy) is 1. The Bertz CT molecular complexity index is 578. The van der Waals surface area contributed by atoms with E-state index in [1.807, 2.05) is 11.8 Å². The zero-order chi connectivity index (χ0) is 18.8. The molecule has 25 heavy (non-hydrogen) atoms. The molecule has 0 amide bonds. The summed E-state index contributed by atoms with van der Waals surface area (Å²) < 4.78 is 5.62. The van der Waals surface area contributed by atoms with Crippen LogP contribution in [0.25, 0.3) is 0 Å². The molecule has 1 aromatic rings. The second-order valence-corrected chi connectivity index (χ2v) is 10.4. The van der Waals surface area contributed by atoms with Crippen LogP contribution in [0.3, 0.4) is 0 Å². The molecule has 0 bridgehead atoms. The molecular formula is C21H32O3S. The predicted octanol–water partition coefficient (Wildman–Crippen LogP) is 5.40. The maximum absolute atomic E-state index is 10.8. The van der Waals surface area contributed by atoms with Crippen molar-refractivity contribution in [3.63, 3.8) is 0 Å². The van der Waals surface area contributed by atoms with Gasteiger partial charge in [-0.2, -0.15) is 0 Å². The van der Waals surface area contributed by atoms with Gasteiger partial charge in [0.25, 0.3) is 0 Å². The third-order valence-electron chi connectivity index (χ3n) is 4.74. The minimum atomic E-state index is -0.889. The van der Waals surface area contributed by atoms with Gasteiger partial charge in [-0.25, -0.2) is 4.79 Å². The van der Waals surface area contributed by atoms with Crippen molar-refractivity contribution >= 4 is 17.7 Å². The normalized spacial score (nSPS) is 21.5. The average Bonchev–Trinajstić information content (AvgIpc) is 2.90. The van der Waals surface area contributed by atoms with Gasteiger partial charge in [-0.05, 0) is 53.4 Å². The Hall–Kier alpha value is -1.00. The van der Waals surface area contributed by atoms with Crippen LogP contribution in [0.2, 0.25) is 0 Å². The van der Waals surface area contributed by atoms with Gasteiger partial charge in [0.1, 0.15) is 6.61 Å². The van der Waals surface area contributed by atoms with Crippen molar-refractivity contribution in [2.45, 2.75) is 87.9 Å². The van der Waals surface area contributed by atoms with Gasteiger partial charge < -0.3 is 9.84 Å². The Morgan fingerprint density at radius 3 is 2.12 bits per heavy atom. The minimum absolute atomic E-state index is 0.0393. The smallest absolute Gasteiger partial charge is 0.329 e. The zero-order valence-corrected chi connectivity index (χ0v) is 17.2. The highest BCUT2D eigenvalue weighted by Gasteiger charge is 2.30. The SMILES string of the molecule is CC(C)(C)c1cc(S[C@H]2CCC[C@H]2OCC(=O)O)cc(C(C)(C)C)c1. The predicted molar refractivity (Wildman–Crippen MR) is 105 cm³/mol. The molecule has 4 heteroatoms. The van der Waals surface area contributed by atoms with Crippen LogP contribution in [-0.4, -0.2) is 29.0 Å². The Labute approximate surface area is 156 Å². The number of rotatable bonds is 5. The van der Waals surface area contributed by atoms with Crippen LogP contribution in [0.4, 0.5) is 0 Å². The van der Waals surface area contributed by atoms with E-state index in [-0.39, 0.29) is 23.5 Å². The van der Waals surface area contributed by atoms with Crippen LogP contribution < -0.4 is 0 Å². The molecule has 2 atom stereocenters. The molecular weight excluding hydrogens is 332 g/mol. The van der Waals surface area contributed by atoms with Crippen LogP contribution in [0.5, 0.6) is 0 Å². The van der Waals surface area contributed by atoms with Gasteiger partial charge >= 0.3 is 5.97 Å². The van der Waals surface area contributed by atoms with Crippen molar-refractivity contribution < 1.29 is 14.6 Å². The van der Waals surface area contributed by atoms with E-state index < -0.39 is 5.97 Å². The Morgan fingerprint density at radius 2 is 1.64 bits per heavy atom. The number of carbonyl (C=O) groups is 1. The van der Waals surface area contributed by atoms with Crippen LogP contribution in [-0.2, 0) is 20.4 Å². The largest absolute Gasteiger partial charge is 0.480 e. The summed E-state index contributed by atoms with van der Waals surface area (Å²) in [6.45, 7) is 13.3. The number of hydrogen-bond donors (Lipinski definition) is 1. The Kier molecular flexibility index (Phi) is 6.26. The van der Waals surface area contributed by atoms with Gasteiger partial charge in [-0.1, -0.05) is 47.6 Å². The lowest BCUT2D eigenvalue weighted by atomic mass is 9.81. The van der Waals surface area contributed by atoms with Gasteiger partial charge in [-0.15, -0.1) is 11.8 Å². The molecule has 0 aromatic heterocycles. The average molecular weight is 365 g/mol. The van der Waals surface area contributed by atoms with E-state index >= 15 is 0 Å². The van der Waals surface area contributed by atoms with Gasteiger partial charge in [0.2, 0.25) is 0 Å². The summed E-state index contributed by atoms with van der Waals surface area (Å²) in [4.78, 5) is 12.1. The van der Waals surface area contributed by atoms with Gasteiger partial charge in [0.15, 0.2) is 0 Å². The number of aliphatic carboxylic acids is 1. The van der Waals surface area contributed by atoms with Gasteiger partial charge in [-0.3, -0.25) is 0 Å². The second kappa shape index (κ2) is 7.71. The van der Waals surface area contributed by atoms with Gasteiger partial charge in [0, 0.05) is 10.1 Å². The maximum atomic E-state index is 10.8. The highest BCUT2D eigenvalue weighted by atomic mass is 32.2. The summed E-state index contributed by atoms with van der Waals surface area (Å²) in [6.07, 6.45) is 3.18. The Balaban J connectivity index is 2.24. The number of carboxylic acid groups (broad SMARTS) is 1. The molecule has 0 aliphatic heterocycles. The number of thioether (sulfide) groups is 1. The van der Waals surface area contributed by atoms with Crippen LogP contribution >= 0.6 is 11.8 Å². The maximum Gasteiger partial charge on any atom is 0.329 e. The van der Waals surface area contributed by atoms with E-state index in [1.54, 1.807) is 0 Å². The fourth-order valence-electron chi connectivity index (χ4n) is 3.10. The van der Waals surface area contributed by atoms with Crippen molar-refractivity contribution in [1.29, 1.82) is 0 Å². The van der Waals surface area contributed by atoms with Crippen LogP contribution in [0.1, 0.15) is 71.9 Å². The highest BCUT2D eigenvalue weighted by molar-refractivity contribution is 8.00. The summed E-state index contributed by atoms with van der Waals surface area (Å²) in [5, 5.41) is 9.21. The summed E-state index contributed by atoms with van der Waals surface area (Å²) >= 11 is 1.85. The molecule has 1 aliphatic carbocycles. The third kappa shape index (κ3) is 5.75. The first-order chi connectivity index (χ1) is 11.5. The van der Waals surface area contributed by atoms with Crippen molar-refractivity contribution in [2.75, 3.05) is 6.61 Å². The lowest BCUT2D eigenvalue weighted by molar-refractivity contribution is -0.144. The summed E-state index contributed by atoms with van der Waals surface area (Å²) in [5.41, 5.74) is 2.91. The molecule has 0 radical (unpaired) electrons. The molecule has 1 N–H and O–H groups in total. The lowest BCUT2D eigenvalue weighted by Crippen LogP contribution is -2.24. The molecule has 0 unspecified atom stereocenters. The van der Waals surface area contributed by atoms with Gasteiger partial charge in [0.05, 0.1) is 6.10 Å². The molecule has 0 spiro atoms. The first-order valence-corrected chi connectivity index (χ1v) is 10.0. The van der Waals surface area contributed by atoms with E-state index in [0.29, 0.717) is 5.25 Å². The van der Waals surface area contributed by atoms with E-state index in [9.17, 15) is 4.79 Å². The molecule has 1 aliphatic rings. The fourth-order valence-corrected chi connectivity index (χ4v) is 4.49. The molecule has 1 fully saturated rings. The van der Waals surface area contributed by atoms with Crippen LogP contribution in [0, 0.1) is 0 Å². The summed E-state index contributed by atoms with van der Waals surface area (Å²) in [6, 6.07) is 6.93. The molecule has 1 aromatic carbocycles. The van der Waals surface area contributed by atoms with Crippen molar-refractivity contribution in [2.24, 2.45) is 0 Å². The fraction of sp³-hybridized carbons (Fsp3) is 0.667. The van der Waals surface area contributed by atoms with E-state index in [0.717, 1.165) is 19.3 Å². The zero-order valence-electron chi connectivity index (χ0n) is 16.4. The van der Waals surface area contributed by atoms with E-state index in [4.69, 9.17) is 9.84 Å². The first-order valence-electron chi connectivity index (χ1n) is 9.13. The monoisotopic (exact) mass is 364 g/mol. The summed E-state index contributed by atoms with van der Waals surface area (Å²) in [5.74, 6) is -0.889. The number of carboxylic acids is 1. The molecule has 1 saturated carbocycles. The molecule has 0 heterocycles. The summed E-state index contributed by atoms with van der Waals surface area (Å²) in [7, 11) is 0. The molecule has 0 saturated heterocycles. The standard InChI is InChI=1S/C21H32O3S/c1-20(2,3)14-10-15(21(4,5)6)12-16(11-14)25-18-9-7-8-17(18)24-13-19(22)23/h10-12,17-18H,7-9,13H2,1-6H3,(H,22,23)/t17-,18+/m1/s1. The van der Waals surface area contributed by atoms with Crippen molar-refractivity contribution in [3.8, 4) is 0 Å². The third-order valence-corrected chi connectivity index (χ3v) is 6.09. The highest BCUT2D eigenvalue weighted by Crippen LogP contribution is 2.40. The number of benzene rings is 1. The first kappa shape index (κ1) is 20.3. The molecule has 2 rings (SSSR count). The second-order valence-electron chi connectivity index (χ2n) is 9.08. The topological polar surface area (TPSA) is 46.5 Å². The molecule has 140 valence electrons. The lowest BCUT2D eigenvalue weighted by Gasteiger charge is -2.27. The van der Waals surface area contributed by atoms with Crippen molar-refractivity contribution in [3.05, 3.63) is 29.3 Å². The Morgan fingerprint density at radius 1 is 1.08 bits per heavy atom. The number of hydrogen-bond acceptors (Lipinski definition) is 3. The van der Waals surface area contributed by atoms with E-state index in [1.165, 1.54) is 16.0 Å². The van der Waals surface area contributed by atoms with Crippen LogP contribution in [0.15, 0.2) is 23.1 Å². The quantitative estimate of drug-likeness (QED) is 0.760.